The van der Waals surface area contributed by atoms with Crippen LogP contribution in [0.5, 0.6) is 0 Å². The molecule has 1 aromatic rings. The fourth-order valence-electron chi connectivity index (χ4n) is 3.55. The Kier molecular flexibility index (Phi) is 9.30. The Bertz CT molecular complexity index is 573. The summed E-state index contributed by atoms with van der Waals surface area (Å²) < 4.78 is 10.4. The summed E-state index contributed by atoms with van der Waals surface area (Å²) in [5, 5.41) is 0. The summed E-state index contributed by atoms with van der Waals surface area (Å²) in [6.07, 6.45) is 5.04. The molecule has 1 atom stereocenters. The van der Waals surface area contributed by atoms with Gasteiger partial charge in [-0.15, -0.1) is 0 Å². The van der Waals surface area contributed by atoms with Crippen LogP contribution in [-0.4, -0.2) is 25.2 Å². The molecule has 1 aromatic carbocycles. The number of carbonyl (C=O) groups excluding carboxylic acids is 2. The molecule has 2 rings (SSSR count). The largest absolute Gasteiger partial charge is 0.466 e. The van der Waals surface area contributed by atoms with Gasteiger partial charge < -0.3 is 9.47 Å². The standard InChI is InChI=1S/C20H27O4.V/c1-3-23-18(21)12-8-14-20(19(22)24-4-2)13-7-11-16-9-5-6-10-17(16)15-20;/h5,9-10H,3-4,7-8,11-15H2,1-2H3;/q-1;. The summed E-state index contributed by atoms with van der Waals surface area (Å²) in [5.41, 5.74) is 1.94. The molecule has 1 aliphatic carbocycles. The van der Waals surface area contributed by atoms with Crippen molar-refractivity contribution in [1.29, 1.82) is 0 Å². The molecule has 25 heavy (non-hydrogen) atoms. The normalized spacial score (nSPS) is 19.1. The third-order valence-electron chi connectivity index (χ3n) is 4.73. The van der Waals surface area contributed by atoms with E-state index in [0.717, 1.165) is 19.3 Å². The van der Waals surface area contributed by atoms with Crippen molar-refractivity contribution in [2.24, 2.45) is 5.41 Å². The van der Waals surface area contributed by atoms with E-state index in [0.29, 0.717) is 38.9 Å². The van der Waals surface area contributed by atoms with Gasteiger partial charge >= 0.3 is 11.9 Å². The molecular weight excluding hydrogens is 355 g/mol. The minimum atomic E-state index is -0.539. The van der Waals surface area contributed by atoms with Crippen molar-refractivity contribution < 1.29 is 37.6 Å². The molecule has 0 amide bonds. The predicted octanol–water partition coefficient (Wildman–Crippen LogP) is 3.65. The van der Waals surface area contributed by atoms with Crippen LogP contribution in [0.3, 0.4) is 0 Å². The van der Waals surface area contributed by atoms with E-state index in [1.807, 2.05) is 19.1 Å². The van der Waals surface area contributed by atoms with E-state index >= 15 is 0 Å². The molecule has 4 nitrogen and oxygen atoms in total. The summed E-state index contributed by atoms with van der Waals surface area (Å²) in [5.74, 6) is -0.329. The Hall–Kier alpha value is -1.26. The van der Waals surface area contributed by atoms with Gasteiger partial charge in [0.2, 0.25) is 0 Å². The molecule has 0 N–H and O–H groups in total. The molecule has 0 bridgehead atoms. The van der Waals surface area contributed by atoms with E-state index in [4.69, 9.17) is 9.47 Å². The van der Waals surface area contributed by atoms with Crippen molar-refractivity contribution in [2.45, 2.75) is 58.8 Å². The minimum absolute atomic E-state index is 0. The summed E-state index contributed by atoms with van der Waals surface area (Å²) in [7, 11) is 0. The summed E-state index contributed by atoms with van der Waals surface area (Å²) in [6.45, 7) is 4.41. The van der Waals surface area contributed by atoms with Crippen molar-refractivity contribution in [3.8, 4) is 0 Å². The van der Waals surface area contributed by atoms with Gasteiger partial charge in [0.1, 0.15) is 0 Å². The maximum absolute atomic E-state index is 12.7. The Balaban J connectivity index is 0.00000312. The fraction of sp³-hybridized carbons (Fsp3) is 0.600. The van der Waals surface area contributed by atoms with E-state index in [1.54, 1.807) is 6.92 Å². The molecule has 0 saturated carbocycles. The maximum atomic E-state index is 12.7. The van der Waals surface area contributed by atoms with Crippen molar-refractivity contribution in [3.63, 3.8) is 0 Å². The molecule has 0 saturated heterocycles. The van der Waals surface area contributed by atoms with Gasteiger partial charge in [0.15, 0.2) is 0 Å². The number of rotatable bonds is 7. The first-order valence-electron chi connectivity index (χ1n) is 8.92. The number of benzene rings is 1. The predicted molar refractivity (Wildman–Crippen MR) is 91.5 cm³/mol. The number of hydrogen-bond donors (Lipinski definition) is 0. The van der Waals surface area contributed by atoms with Gasteiger partial charge in [0.25, 0.3) is 0 Å². The van der Waals surface area contributed by atoms with Gasteiger partial charge in [-0.1, -0.05) is 19.3 Å². The fourth-order valence-corrected chi connectivity index (χ4v) is 3.55. The van der Waals surface area contributed by atoms with Gasteiger partial charge in [0, 0.05) is 25.0 Å². The molecule has 1 unspecified atom stereocenters. The van der Waals surface area contributed by atoms with E-state index in [1.165, 1.54) is 11.1 Å². The summed E-state index contributed by atoms with van der Waals surface area (Å²) in [4.78, 5) is 24.3. The molecule has 0 fully saturated rings. The first kappa shape index (κ1) is 21.8. The third kappa shape index (κ3) is 5.90. The van der Waals surface area contributed by atoms with E-state index in [2.05, 4.69) is 12.1 Å². The molecule has 137 valence electrons. The average Bonchev–Trinajstić information content (AvgIpc) is 2.75. The van der Waals surface area contributed by atoms with Crippen LogP contribution < -0.4 is 0 Å². The first-order chi connectivity index (χ1) is 11.6. The van der Waals surface area contributed by atoms with Crippen molar-refractivity contribution >= 4 is 11.9 Å². The zero-order chi connectivity index (χ0) is 17.4. The van der Waals surface area contributed by atoms with Crippen LogP contribution in [0.15, 0.2) is 18.2 Å². The minimum Gasteiger partial charge on any atom is -0.466 e. The molecular formula is C20H27O4V-. The van der Waals surface area contributed by atoms with Gasteiger partial charge in [-0.2, -0.15) is 35.4 Å². The molecule has 0 aliphatic heterocycles. The molecule has 1 aliphatic rings. The van der Waals surface area contributed by atoms with Crippen LogP contribution in [0.4, 0.5) is 0 Å². The Labute approximate surface area is 162 Å². The average molecular weight is 382 g/mol. The Morgan fingerprint density at radius 2 is 1.96 bits per heavy atom. The second kappa shape index (κ2) is 10.7. The van der Waals surface area contributed by atoms with Crippen LogP contribution in [-0.2, 0) is 50.5 Å². The quantitative estimate of drug-likeness (QED) is 0.410. The van der Waals surface area contributed by atoms with Crippen LogP contribution in [0, 0.1) is 11.5 Å². The van der Waals surface area contributed by atoms with E-state index in [9.17, 15) is 9.59 Å². The first-order valence-corrected chi connectivity index (χ1v) is 8.92. The molecule has 0 heterocycles. The maximum Gasteiger partial charge on any atom is 0.311 e. The zero-order valence-corrected chi connectivity index (χ0v) is 16.6. The van der Waals surface area contributed by atoms with Crippen LogP contribution in [0.25, 0.3) is 0 Å². The molecule has 0 aromatic heterocycles. The number of esters is 2. The SMILES string of the molecule is CCOC(=O)CCCC1(C(=O)OCC)CCCc2cc[c-]cc2C1.[V]. The zero-order valence-electron chi connectivity index (χ0n) is 15.2. The molecule has 0 spiro atoms. The Morgan fingerprint density at radius 3 is 2.68 bits per heavy atom. The van der Waals surface area contributed by atoms with Crippen molar-refractivity contribution in [1.82, 2.24) is 0 Å². The topological polar surface area (TPSA) is 52.6 Å². The Morgan fingerprint density at radius 1 is 1.20 bits per heavy atom. The number of aryl methyl sites for hydroxylation is 1. The second-order valence-electron chi connectivity index (χ2n) is 6.38. The van der Waals surface area contributed by atoms with E-state index < -0.39 is 5.41 Å². The third-order valence-corrected chi connectivity index (χ3v) is 4.73. The van der Waals surface area contributed by atoms with Gasteiger partial charge in [0.05, 0.1) is 18.6 Å². The smallest absolute Gasteiger partial charge is 0.311 e. The number of hydrogen-bond acceptors (Lipinski definition) is 4. The number of carbonyl (C=O) groups is 2. The van der Waals surface area contributed by atoms with Crippen LogP contribution >= 0.6 is 0 Å². The summed E-state index contributed by atoms with van der Waals surface area (Å²) >= 11 is 0. The molecule has 5 heteroatoms. The van der Waals surface area contributed by atoms with Crippen LogP contribution in [0.2, 0.25) is 0 Å². The number of ether oxygens (including phenoxy) is 2. The van der Waals surface area contributed by atoms with Gasteiger partial charge in [-0.05, 0) is 33.1 Å². The second-order valence-corrected chi connectivity index (χ2v) is 6.38. The van der Waals surface area contributed by atoms with E-state index in [-0.39, 0.29) is 30.5 Å². The summed E-state index contributed by atoms with van der Waals surface area (Å²) in [6, 6.07) is 9.13. The van der Waals surface area contributed by atoms with Crippen LogP contribution in [0.1, 0.15) is 57.1 Å². The van der Waals surface area contributed by atoms with Gasteiger partial charge in [-0.3, -0.25) is 9.59 Å². The van der Waals surface area contributed by atoms with Crippen molar-refractivity contribution in [3.05, 3.63) is 35.4 Å². The monoisotopic (exact) mass is 382 g/mol. The molecule has 1 radical (unpaired) electrons. The number of fused-ring (bicyclic) bond motifs is 1. The van der Waals surface area contributed by atoms with Crippen molar-refractivity contribution in [2.75, 3.05) is 13.2 Å². The van der Waals surface area contributed by atoms with Gasteiger partial charge in [-0.25, -0.2) is 0 Å².